The number of anilines is 1. The Kier molecular flexibility index (Phi) is 3.15. The van der Waals surface area contributed by atoms with Gasteiger partial charge in [-0.15, -0.1) is 0 Å². The molecule has 0 bridgehead atoms. The van der Waals surface area contributed by atoms with E-state index in [9.17, 15) is 0 Å². The minimum atomic E-state index is -0.0146. The molecule has 0 saturated heterocycles. The van der Waals surface area contributed by atoms with Crippen molar-refractivity contribution in [2.24, 2.45) is 0 Å². The largest absolute Gasteiger partial charge is 0.359 e. The van der Waals surface area contributed by atoms with E-state index >= 15 is 0 Å². The van der Waals surface area contributed by atoms with E-state index in [1.54, 1.807) is 0 Å². The van der Waals surface area contributed by atoms with E-state index in [1.807, 2.05) is 13.0 Å². The lowest BCUT2D eigenvalue weighted by Crippen LogP contribution is -2.13. The number of hydrogen-bond donors (Lipinski definition) is 1. The van der Waals surface area contributed by atoms with Crippen LogP contribution in [0.15, 0.2) is 10.6 Å². The van der Waals surface area contributed by atoms with Crippen molar-refractivity contribution in [3.63, 3.8) is 0 Å². The summed E-state index contributed by atoms with van der Waals surface area (Å²) in [6.07, 6.45) is 0. The predicted octanol–water partition coefficient (Wildman–Crippen LogP) is 2.74. The van der Waals surface area contributed by atoms with Gasteiger partial charge < -0.3 is 9.84 Å². The molecule has 2 aromatic heterocycles. The molecule has 0 fully saturated rings. The maximum absolute atomic E-state index is 5.10. The molecule has 17 heavy (non-hydrogen) atoms. The van der Waals surface area contributed by atoms with Crippen LogP contribution in [0.4, 0.5) is 5.13 Å². The van der Waals surface area contributed by atoms with E-state index in [4.69, 9.17) is 4.52 Å². The molecule has 0 spiro atoms. The summed E-state index contributed by atoms with van der Waals surface area (Å²) in [7, 11) is 0. The highest BCUT2D eigenvalue weighted by atomic mass is 32.1. The molecular weight excluding hydrogens is 236 g/mol. The van der Waals surface area contributed by atoms with E-state index in [2.05, 4.69) is 40.6 Å². The number of rotatable bonds is 3. The zero-order valence-corrected chi connectivity index (χ0v) is 11.3. The van der Waals surface area contributed by atoms with Gasteiger partial charge in [-0.3, -0.25) is 0 Å². The lowest BCUT2D eigenvalue weighted by molar-refractivity contribution is 0.384. The quantitative estimate of drug-likeness (QED) is 0.910. The monoisotopic (exact) mass is 252 g/mol. The van der Waals surface area contributed by atoms with Crippen molar-refractivity contribution in [1.82, 2.24) is 14.5 Å². The van der Waals surface area contributed by atoms with Crippen LogP contribution in [-0.4, -0.2) is 14.5 Å². The summed E-state index contributed by atoms with van der Waals surface area (Å²) in [4.78, 5) is 4.44. The van der Waals surface area contributed by atoms with Crippen LogP contribution in [0.1, 0.15) is 38.0 Å². The number of nitrogens with one attached hydrogen (secondary N) is 1. The van der Waals surface area contributed by atoms with E-state index in [0.29, 0.717) is 6.54 Å². The maximum atomic E-state index is 5.10. The Morgan fingerprint density at radius 2 is 2.18 bits per heavy atom. The van der Waals surface area contributed by atoms with Gasteiger partial charge in [0.05, 0.1) is 12.2 Å². The Hall–Kier alpha value is -1.43. The zero-order chi connectivity index (χ0) is 12.5. The topological polar surface area (TPSA) is 63.8 Å². The fourth-order valence-electron chi connectivity index (χ4n) is 1.26. The second-order valence-corrected chi connectivity index (χ2v) is 5.71. The van der Waals surface area contributed by atoms with Crippen molar-refractivity contribution < 1.29 is 4.52 Å². The molecule has 0 amide bonds. The third kappa shape index (κ3) is 3.03. The van der Waals surface area contributed by atoms with Gasteiger partial charge in [0.15, 0.2) is 5.76 Å². The molecule has 2 aromatic rings. The normalized spacial score (nSPS) is 11.8. The SMILES string of the molecule is Cc1cc(CNc2nc(C(C)(C)C)ns2)on1. The summed E-state index contributed by atoms with van der Waals surface area (Å²) in [5.74, 6) is 1.66. The summed E-state index contributed by atoms with van der Waals surface area (Å²) < 4.78 is 9.43. The van der Waals surface area contributed by atoms with E-state index < -0.39 is 0 Å². The third-order valence-corrected chi connectivity index (χ3v) is 2.86. The first kappa shape index (κ1) is 12.0. The fourth-order valence-corrected chi connectivity index (χ4v) is 2.01. The first-order chi connectivity index (χ1) is 7.95. The highest BCUT2D eigenvalue weighted by Crippen LogP contribution is 2.23. The van der Waals surface area contributed by atoms with Crippen molar-refractivity contribution in [1.29, 1.82) is 0 Å². The minimum Gasteiger partial charge on any atom is -0.359 e. The smallest absolute Gasteiger partial charge is 0.202 e. The molecular formula is C11H16N4OS. The van der Waals surface area contributed by atoms with Gasteiger partial charge in [-0.25, -0.2) is 4.98 Å². The van der Waals surface area contributed by atoms with Gasteiger partial charge in [-0.2, -0.15) is 4.37 Å². The van der Waals surface area contributed by atoms with E-state index in [1.165, 1.54) is 11.5 Å². The van der Waals surface area contributed by atoms with Crippen LogP contribution in [0.3, 0.4) is 0 Å². The molecule has 0 aromatic carbocycles. The van der Waals surface area contributed by atoms with Gasteiger partial charge in [-0.1, -0.05) is 25.9 Å². The average Bonchev–Trinajstić information content (AvgIpc) is 2.82. The molecule has 1 N–H and O–H groups in total. The van der Waals surface area contributed by atoms with Crippen molar-refractivity contribution >= 4 is 16.7 Å². The van der Waals surface area contributed by atoms with Crippen LogP contribution in [-0.2, 0) is 12.0 Å². The molecule has 2 heterocycles. The third-order valence-electron chi connectivity index (χ3n) is 2.19. The van der Waals surface area contributed by atoms with Crippen molar-refractivity contribution in [3.8, 4) is 0 Å². The van der Waals surface area contributed by atoms with Gasteiger partial charge in [0, 0.05) is 23.0 Å². The van der Waals surface area contributed by atoms with E-state index in [-0.39, 0.29) is 5.41 Å². The molecule has 0 aliphatic carbocycles. The van der Waals surface area contributed by atoms with Crippen LogP contribution in [0, 0.1) is 6.92 Å². The Balaban J connectivity index is 1.98. The van der Waals surface area contributed by atoms with Crippen LogP contribution in [0.25, 0.3) is 0 Å². The summed E-state index contributed by atoms with van der Waals surface area (Å²) in [6.45, 7) is 8.77. The molecule has 5 nitrogen and oxygen atoms in total. The second kappa shape index (κ2) is 4.44. The van der Waals surface area contributed by atoms with Crippen LogP contribution < -0.4 is 5.32 Å². The van der Waals surface area contributed by atoms with Gasteiger partial charge in [-0.05, 0) is 6.92 Å². The van der Waals surface area contributed by atoms with Crippen LogP contribution in [0.5, 0.6) is 0 Å². The molecule has 0 aliphatic rings. The molecule has 2 rings (SSSR count). The van der Waals surface area contributed by atoms with Crippen LogP contribution in [0.2, 0.25) is 0 Å². The first-order valence-corrected chi connectivity index (χ1v) is 6.23. The molecule has 0 radical (unpaired) electrons. The average molecular weight is 252 g/mol. The van der Waals surface area contributed by atoms with Gasteiger partial charge >= 0.3 is 0 Å². The highest BCUT2D eigenvalue weighted by Gasteiger charge is 2.19. The van der Waals surface area contributed by atoms with Gasteiger partial charge in [0.25, 0.3) is 0 Å². The lowest BCUT2D eigenvalue weighted by Gasteiger charge is -2.12. The Labute approximate surface area is 104 Å². The van der Waals surface area contributed by atoms with E-state index in [0.717, 1.165) is 22.4 Å². The molecule has 0 saturated carbocycles. The number of aryl methyl sites for hydroxylation is 1. The number of hydrogen-bond acceptors (Lipinski definition) is 6. The Bertz CT molecular complexity index is 498. The molecule has 0 atom stereocenters. The summed E-state index contributed by atoms with van der Waals surface area (Å²) in [5.41, 5.74) is 0.869. The number of aromatic nitrogens is 3. The summed E-state index contributed by atoms with van der Waals surface area (Å²) >= 11 is 1.37. The highest BCUT2D eigenvalue weighted by molar-refractivity contribution is 7.09. The Morgan fingerprint density at radius 1 is 1.41 bits per heavy atom. The number of nitrogens with zero attached hydrogens (tertiary/aromatic N) is 3. The molecule has 0 unspecified atom stereocenters. The van der Waals surface area contributed by atoms with Gasteiger partial charge in [0.1, 0.15) is 5.82 Å². The van der Waals surface area contributed by atoms with Crippen LogP contribution >= 0.6 is 11.5 Å². The Morgan fingerprint density at radius 3 is 2.71 bits per heavy atom. The van der Waals surface area contributed by atoms with Crippen molar-refractivity contribution in [3.05, 3.63) is 23.3 Å². The molecule has 6 heteroatoms. The summed E-state index contributed by atoms with van der Waals surface area (Å²) in [5, 5.41) is 7.81. The summed E-state index contributed by atoms with van der Waals surface area (Å²) in [6, 6.07) is 1.90. The molecule has 0 aliphatic heterocycles. The van der Waals surface area contributed by atoms with Crippen molar-refractivity contribution in [2.75, 3.05) is 5.32 Å². The molecule has 92 valence electrons. The predicted molar refractivity (Wildman–Crippen MR) is 67.2 cm³/mol. The maximum Gasteiger partial charge on any atom is 0.202 e. The lowest BCUT2D eigenvalue weighted by atomic mass is 9.96. The first-order valence-electron chi connectivity index (χ1n) is 5.45. The van der Waals surface area contributed by atoms with Crippen molar-refractivity contribution in [2.45, 2.75) is 39.7 Å². The standard InChI is InChI=1S/C11H16N4OS/c1-7-5-8(16-14-7)6-12-10-13-9(15-17-10)11(2,3)4/h5H,6H2,1-4H3,(H,12,13,15). The fraction of sp³-hybridized carbons (Fsp3) is 0.545. The van der Waals surface area contributed by atoms with Gasteiger partial charge in [0.2, 0.25) is 5.13 Å². The minimum absolute atomic E-state index is 0.0146. The zero-order valence-electron chi connectivity index (χ0n) is 10.4. The second-order valence-electron chi connectivity index (χ2n) is 4.96.